The molecule has 1 aromatic heterocycles. The largest absolute Gasteiger partial charge is 0.306 e. The van der Waals surface area contributed by atoms with Crippen molar-refractivity contribution in [1.29, 1.82) is 0 Å². The van der Waals surface area contributed by atoms with Crippen LogP contribution in [0, 0.1) is 0 Å². The normalized spacial score (nSPS) is 10.9. The van der Waals surface area contributed by atoms with Crippen LogP contribution in [0.1, 0.15) is 31.9 Å². The van der Waals surface area contributed by atoms with Crippen molar-refractivity contribution >= 4 is 16.8 Å². The first-order chi connectivity index (χ1) is 10.0. The van der Waals surface area contributed by atoms with Crippen LogP contribution in [0.15, 0.2) is 47.3 Å². The summed E-state index contributed by atoms with van der Waals surface area (Å²) in [5.74, 6) is 0. The van der Waals surface area contributed by atoms with Crippen LogP contribution in [0.3, 0.4) is 0 Å². The first-order valence-corrected chi connectivity index (χ1v) is 7.36. The fourth-order valence-corrected chi connectivity index (χ4v) is 2.47. The third-order valence-corrected chi connectivity index (χ3v) is 3.56. The monoisotopic (exact) mass is 303 g/mol. The number of carbonyl (C=O) groups excluding carboxylic acids is 1. The summed E-state index contributed by atoms with van der Waals surface area (Å²) in [5.41, 5.74) is 2.46. The highest BCUT2D eigenvalue weighted by Crippen LogP contribution is 2.21. The lowest BCUT2D eigenvalue weighted by atomic mass is 10.1. The Hall–Kier alpha value is -1.87. The van der Waals surface area contributed by atoms with E-state index in [-0.39, 0.29) is 18.0 Å². The lowest BCUT2D eigenvalue weighted by Crippen LogP contribution is -2.26. The minimum Gasteiger partial charge on any atom is -0.306 e. The van der Waals surface area contributed by atoms with Crippen LogP contribution in [0.5, 0.6) is 0 Å². The van der Waals surface area contributed by atoms with Gasteiger partial charge in [0.15, 0.2) is 0 Å². The minimum absolute atomic E-state index is 0.0411. The van der Waals surface area contributed by atoms with E-state index in [1.165, 1.54) is 0 Å². The summed E-state index contributed by atoms with van der Waals surface area (Å²) < 4.78 is 1.77. The van der Waals surface area contributed by atoms with Crippen LogP contribution in [-0.4, -0.2) is 9.81 Å². The second-order valence-electron chi connectivity index (χ2n) is 5.23. The number of nitrogens with zero attached hydrogens (tertiary/aromatic N) is 1. The molecule has 0 N–H and O–H groups in total. The van der Waals surface area contributed by atoms with Gasteiger partial charge in [0.1, 0.15) is 0 Å². The Bertz CT molecular complexity index is 690. The summed E-state index contributed by atoms with van der Waals surface area (Å²) in [4.78, 5) is 23.5. The molecule has 0 amide bonds. The maximum absolute atomic E-state index is 12.6. The third-order valence-electron chi connectivity index (χ3n) is 3.37. The van der Waals surface area contributed by atoms with E-state index in [0.29, 0.717) is 12.0 Å². The van der Waals surface area contributed by atoms with Gasteiger partial charge in [0.25, 0.3) is 5.56 Å². The van der Waals surface area contributed by atoms with Gasteiger partial charge in [0, 0.05) is 18.0 Å². The van der Waals surface area contributed by atoms with E-state index in [2.05, 4.69) is 0 Å². The fraction of sp³-hybridized carbons (Fsp3) is 0.294. The van der Waals surface area contributed by atoms with Gasteiger partial charge in [-0.15, -0.1) is 0 Å². The number of pyridine rings is 1. The Labute approximate surface area is 129 Å². The fourth-order valence-electron chi connectivity index (χ4n) is 2.38. The van der Waals surface area contributed by atoms with Crippen LogP contribution >= 0.6 is 11.6 Å². The lowest BCUT2D eigenvalue weighted by molar-refractivity contribution is -0.111. The minimum atomic E-state index is -0.419. The van der Waals surface area contributed by atoms with Gasteiger partial charge in [-0.2, -0.15) is 0 Å². The number of rotatable bonds is 5. The molecule has 0 fully saturated rings. The van der Waals surface area contributed by atoms with Crippen LogP contribution in [0.25, 0.3) is 11.3 Å². The molecule has 2 rings (SSSR count). The zero-order chi connectivity index (χ0) is 15.4. The molecular weight excluding hydrogens is 286 g/mol. The second kappa shape index (κ2) is 6.72. The number of aryl methyl sites for hydroxylation is 1. The van der Waals surface area contributed by atoms with E-state index in [9.17, 15) is 9.59 Å². The molecule has 0 radical (unpaired) electrons. The van der Waals surface area contributed by atoms with Crippen molar-refractivity contribution in [3.63, 3.8) is 0 Å². The molecule has 0 saturated heterocycles. The number of halogens is 1. The molecule has 0 atom stereocenters. The molecule has 0 aliphatic heterocycles. The van der Waals surface area contributed by atoms with Gasteiger partial charge in [0.2, 0.25) is 5.24 Å². The molecule has 0 unspecified atom stereocenters. The van der Waals surface area contributed by atoms with Crippen LogP contribution < -0.4 is 5.56 Å². The van der Waals surface area contributed by atoms with E-state index in [1.54, 1.807) is 10.6 Å². The number of hydrogen-bond acceptors (Lipinski definition) is 2. The highest BCUT2D eigenvalue weighted by molar-refractivity contribution is 6.63. The number of carbonyl (C=O) groups is 1. The molecule has 2 aromatic rings. The van der Waals surface area contributed by atoms with Gasteiger partial charge < -0.3 is 4.57 Å². The predicted octanol–water partition coefficient (Wildman–Crippen LogP) is 3.79. The average Bonchev–Trinajstić information content (AvgIpc) is 2.46. The van der Waals surface area contributed by atoms with Crippen molar-refractivity contribution in [2.75, 3.05) is 0 Å². The molecule has 0 bridgehead atoms. The van der Waals surface area contributed by atoms with Gasteiger partial charge in [-0.05, 0) is 43.5 Å². The molecule has 4 heteroatoms. The maximum atomic E-state index is 12.6. The van der Waals surface area contributed by atoms with Gasteiger partial charge in [-0.25, -0.2) is 0 Å². The SMILES string of the molecule is CC(C)n1c(-c2ccccc2)ccc(CCC(=O)Cl)c1=O. The average molecular weight is 304 g/mol. The first kappa shape index (κ1) is 15.5. The summed E-state index contributed by atoms with van der Waals surface area (Å²) in [6.45, 7) is 3.95. The Morgan fingerprint density at radius 2 is 1.81 bits per heavy atom. The highest BCUT2D eigenvalue weighted by atomic mass is 35.5. The van der Waals surface area contributed by atoms with E-state index in [4.69, 9.17) is 11.6 Å². The topological polar surface area (TPSA) is 39.1 Å². The van der Waals surface area contributed by atoms with Gasteiger partial charge in [0.05, 0.1) is 5.69 Å². The molecule has 1 heterocycles. The van der Waals surface area contributed by atoms with Crippen molar-refractivity contribution in [1.82, 2.24) is 4.57 Å². The van der Waals surface area contributed by atoms with Gasteiger partial charge in [-0.1, -0.05) is 36.4 Å². The smallest absolute Gasteiger partial charge is 0.254 e. The van der Waals surface area contributed by atoms with Gasteiger partial charge in [-0.3, -0.25) is 9.59 Å². The van der Waals surface area contributed by atoms with Crippen LogP contribution in [-0.2, 0) is 11.2 Å². The predicted molar refractivity (Wildman–Crippen MR) is 85.7 cm³/mol. The van der Waals surface area contributed by atoms with Gasteiger partial charge >= 0.3 is 0 Å². The zero-order valence-electron chi connectivity index (χ0n) is 12.2. The van der Waals surface area contributed by atoms with E-state index >= 15 is 0 Å². The van der Waals surface area contributed by atoms with Crippen LogP contribution in [0.4, 0.5) is 0 Å². The molecular formula is C17H18ClNO2. The summed E-state index contributed by atoms with van der Waals surface area (Å²) >= 11 is 5.36. The van der Waals surface area contributed by atoms with Crippen molar-refractivity contribution in [2.45, 2.75) is 32.7 Å². The quantitative estimate of drug-likeness (QED) is 0.788. The van der Waals surface area contributed by atoms with Crippen molar-refractivity contribution < 1.29 is 4.79 Å². The zero-order valence-corrected chi connectivity index (χ0v) is 12.9. The Kier molecular flexibility index (Phi) is 4.97. The number of benzene rings is 1. The van der Waals surface area contributed by atoms with Crippen molar-refractivity contribution in [3.8, 4) is 11.3 Å². The molecule has 0 aliphatic carbocycles. The van der Waals surface area contributed by atoms with Crippen molar-refractivity contribution in [2.24, 2.45) is 0 Å². The standard InChI is InChI=1S/C17H18ClNO2/c1-12(2)19-15(13-6-4-3-5-7-13)10-8-14(17(19)21)9-11-16(18)20/h3-8,10,12H,9,11H2,1-2H3. The lowest BCUT2D eigenvalue weighted by Gasteiger charge is -2.18. The van der Waals surface area contributed by atoms with E-state index in [1.807, 2.05) is 50.2 Å². The molecule has 1 aromatic carbocycles. The molecule has 3 nitrogen and oxygen atoms in total. The molecule has 110 valence electrons. The van der Waals surface area contributed by atoms with E-state index in [0.717, 1.165) is 11.3 Å². The van der Waals surface area contributed by atoms with Crippen LogP contribution in [0.2, 0.25) is 0 Å². The number of hydrogen-bond donors (Lipinski definition) is 0. The Morgan fingerprint density at radius 1 is 1.14 bits per heavy atom. The molecule has 0 aliphatic rings. The summed E-state index contributed by atoms with van der Waals surface area (Å²) in [6, 6.07) is 13.6. The first-order valence-electron chi connectivity index (χ1n) is 6.99. The molecule has 21 heavy (non-hydrogen) atoms. The number of aromatic nitrogens is 1. The summed E-state index contributed by atoms with van der Waals surface area (Å²) in [6.07, 6.45) is 0.558. The summed E-state index contributed by atoms with van der Waals surface area (Å²) in [7, 11) is 0. The van der Waals surface area contributed by atoms with E-state index < -0.39 is 5.24 Å². The third kappa shape index (κ3) is 3.61. The Balaban J connectivity index is 2.51. The second-order valence-corrected chi connectivity index (χ2v) is 5.66. The highest BCUT2D eigenvalue weighted by Gasteiger charge is 2.13. The molecule has 0 saturated carbocycles. The van der Waals surface area contributed by atoms with Crippen molar-refractivity contribution in [3.05, 3.63) is 58.4 Å². The maximum Gasteiger partial charge on any atom is 0.254 e. The Morgan fingerprint density at radius 3 is 2.38 bits per heavy atom. The molecule has 0 spiro atoms. The summed E-state index contributed by atoms with van der Waals surface area (Å²) in [5, 5.41) is -0.419.